The number of halogens is 2. The normalized spacial score (nSPS) is 14.1. The zero-order chi connectivity index (χ0) is 26.5. The Morgan fingerprint density at radius 2 is 1.78 bits per heavy atom. The van der Waals surface area contributed by atoms with Crippen LogP contribution in [0.15, 0.2) is 70.8 Å². The van der Waals surface area contributed by atoms with Crippen molar-refractivity contribution >= 4 is 45.5 Å². The van der Waals surface area contributed by atoms with Gasteiger partial charge in [-0.2, -0.15) is 0 Å². The molecule has 0 bridgehead atoms. The lowest BCUT2D eigenvalue weighted by Crippen LogP contribution is -2.38. The first kappa shape index (κ1) is 25.9. The summed E-state index contributed by atoms with van der Waals surface area (Å²) in [6.07, 6.45) is 1.48. The molecule has 3 aromatic carbocycles. The Balaban J connectivity index is 1.46. The predicted octanol–water partition coefficient (Wildman–Crippen LogP) is 5.02. The summed E-state index contributed by atoms with van der Waals surface area (Å²) in [6, 6.07) is 15.7. The fraction of sp³-hybridized carbons (Fsp3) is 0.148. The third-order valence-electron chi connectivity index (χ3n) is 5.49. The van der Waals surface area contributed by atoms with Gasteiger partial charge in [0.15, 0.2) is 11.5 Å². The Hall–Kier alpha value is -4.18. The van der Waals surface area contributed by atoms with Gasteiger partial charge in [0.25, 0.3) is 5.91 Å². The quantitative estimate of drug-likeness (QED) is 0.294. The van der Waals surface area contributed by atoms with E-state index in [4.69, 9.17) is 9.47 Å². The molecule has 0 spiro atoms. The topological polar surface area (TPSA) is 97.0 Å². The van der Waals surface area contributed by atoms with Crippen molar-refractivity contribution in [3.05, 3.63) is 93.3 Å². The minimum absolute atomic E-state index is 0.0101. The highest BCUT2D eigenvalue weighted by atomic mass is 79.9. The van der Waals surface area contributed by atoms with Crippen LogP contribution >= 0.6 is 15.9 Å². The highest BCUT2D eigenvalue weighted by molar-refractivity contribution is 9.10. The molecule has 4 rings (SSSR count). The second-order valence-electron chi connectivity index (χ2n) is 8.23. The molecule has 2 N–H and O–H groups in total. The maximum Gasteiger partial charge on any atom is 0.329 e. The van der Waals surface area contributed by atoms with Crippen molar-refractivity contribution in [3.8, 4) is 11.5 Å². The van der Waals surface area contributed by atoms with Crippen molar-refractivity contribution in [1.29, 1.82) is 0 Å². The molecule has 1 aliphatic rings. The molecular weight excluding hydrogens is 545 g/mol. The summed E-state index contributed by atoms with van der Waals surface area (Å²) in [5, 5.41) is 5.17. The van der Waals surface area contributed by atoms with Gasteiger partial charge in [0.05, 0.1) is 7.11 Å². The van der Waals surface area contributed by atoms with Crippen LogP contribution in [0.25, 0.3) is 6.08 Å². The van der Waals surface area contributed by atoms with Crippen molar-refractivity contribution in [2.45, 2.75) is 13.5 Å². The zero-order valence-electron chi connectivity index (χ0n) is 20.0. The number of nitrogens with zero attached hydrogens (tertiary/aromatic N) is 1. The van der Waals surface area contributed by atoms with E-state index in [0.29, 0.717) is 27.2 Å². The first-order valence-corrected chi connectivity index (χ1v) is 12.0. The molecule has 4 amide bonds. The summed E-state index contributed by atoms with van der Waals surface area (Å²) in [6.45, 7) is 1.68. The summed E-state index contributed by atoms with van der Waals surface area (Å²) >= 11 is 3.45. The largest absolute Gasteiger partial charge is 0.493 e. The molecule has 1 heterocycles. The molecule has 0 unspecified atom stereocenters. The number of ether oxygens (including phenoxy) is 2. The lowest BCUT2D eigenvalue weighted by atomic mass is 10.1. The molecule has 0 aromatic heterocycles. The van der Waals surface area contributed by atoms with Gasteiger partial charge in [0.2, 0.25) is 5.91 Å². The zero-order valence-corrected chi connectivity index (χ0v) is 21.6. The van der Waals surface area contributed by atoms with Crippen molar-refractivity contribution < 1.29 is 28.2 Å². The summed E-state index contributed by atoms with van der Waals surface area (Å²) in [7, 11) is 1.47. The van der Waals surface area contributed by atoms with Crippen LogP contribution in [0.3, 0.4) is 0 Å². The number of hydrogen-bond donors (Lipinski definition) is 2. The average molecular weight is 568 g/mol. The molecule has 0 radical (unpaired) electrons. The number of carbonyl (C=O) groups is 3. The Morgan fingerprint density at radius 1 is 1.08 bits per heavy atom. The summed E-state index contributed by atoms with van der Waals surface area (Å²) in [4.78, 5) is 38.5. The van der Waals surface area contributed by atoms with Crippen molar-refractivity contribution in [1.82, 2.24) is 10.2 Å². The lowest BCUT2D eigenvalue weighted by Gasteiger charge is -2.13. The van der Waals surface area contributed by atoms with E-state index in [1.807, 2.05) is 19.1 Å². The summed E-state index contributed by atoms with van der Waals surface area (Å²) in [5.41, 5.74) is 2.93. The number of anilines is 1. The highest BCUT2D eigenvalue weighted by Crippen LogP contribution is 2.35. The number of imide groups is 1. The standard InChI is InChI=1S/C27H23BrFN3O5/c1-16-3-9-20(10-4-16)30-25(33)14-32-26(34)22(31-27(32)35)11-18-12-23(36-2)24(13-21(18)28)37-15-17-5-7-19(29)8-6-17/h3-13H,14-15H2,1-2H3,(H,30,33)(H,31,35)/b22-11+. The Bertz CT molecular complexity index is 1370. The van der Waals surface area contributed by atoms with Crippen LogP contribution in [0.5, 0.6) is 11.5 Å². The van der Waals surface area contributed by atoms with Gasteiger partial charge in [-0.15, -0.1) is 0 Å². The fourth-order valence-corrected chi connectivity index (χ4v) is 3.96. The van der Waals surface area contributed by atoms with Gasteiger partial charge in [0, 0.05) is 10.2 Å². The first-order chi connectivity index (χ1) is 17.7. The smallest absolute Gasteiger partial charge is 0.329 e. The minimum atomic E-state index is -0.697. The van der Waals surface area contributed by atoms with Gasteiger partial charge in [0.1, 0.15) is 24.7 Å². The SMILES string of the molecule is COc1cc(/C=C2/NC(=O)N(CC(=O)Nc3ccc(C)cc3)C2=O)c(Br)cc1OCc1ccc(F)cc1. The maximum atomic E-state index is 13.1. The van der Waals surface area contributed by atoms with Crippen LogP contribution in [0, 0.1) is 12.7 Å². The van der Waals surface area contributed by atoms with E-state index in [1.54, 1.807) is 36.4 Å². The summed E-state index contributed by atoms with van der Waals surface area (Å²) in [5.74, 6) is -0.647. The molecule has 0 aliphatic carbocycles. The number of aryl methyl sites for hydroxylation is 1. The molecule has 190 valence electrons. The van der Waals surface area contributed by atoms with Crippen LogP contribution < -0.4 is 20.1 Å². The van der Waals surface area contributed by atoms with Crippen LogP contribution in [0.2, 0.25) is 0 Å². The molecule has 10 heteroatoms. The second kappa shape index (κ2) is 11.3. The average Bonchev–Trinajstić information content (AvgIpc) is 3.13. The maximum absolute atomic E-state index is 13.1. The molecule has 1 saturated heterocycles. The molecule has 1 aliphatic heterocycles. The van der Waals surface area contributed by atoms with E-state index < -0.39 is 24.4 Å². The van der Waals surface area contributed by atoms with Gasteiger partial charge in [-0.25, -0.2) is 14.1 Å². The van der Waals surface area contributed by atoms with E-state index in [1.165, 1.54) is 25.3 Å². The molecule has 1 fully saturated rings. The second-order valence-corrected chi connectivity index (χ2v) is 9.09. The van der Waals surface area contributed by atoms with Gasteiger partial charge in [-0.1, -0.05) is 45.8 Å². The Kier molecular flexibility index (Phi) is 7.88. The van der Waals surface area contributed by atoms with Gasteiger partial charge >= 0.3 is 6.03 Å². The fourth-order valence-electron chi connectivity index (χ4n) is 3.53. The third-order valence-corrected chi connectivity index (χ3v) is 6.18. The number of nitrogens with one attached hydrogen (secondary N) is 2. The molecule has 37 heavy (non-hydrogen) atoms. The number of methoxy groups -OCH3 is 1. The molecule has 0 atom stereocenters. The monoisotopic (exact) mass is 567 g/mol. The summed E-state index contributed by atoms with van der Waals surface area (Å²) < 4.78 is 25.0. The van der Waals surface area contributed by atoms with Gasteiger partial charge < -0.3 is 20.1 Å². The molecular formula is C27H23BrFN3O5. The first-order valence-electron chi connectivity index (χ1n) is 11.2. The number of urea groups is 1. The number of hydrogen-bond acceptors (Lipinski definition) is 5. The Morgan fingerprint density at radius 3 is 2.46 bits per heavy atom. The molecule has 8 nitrogen and oxygen atoms in total. The lowest BCUT2D eigenvalue weighted by molar-refractivity contribution is -0.127. The van der Waals surface area contributed by atoms with E-state index in [0.717, 1.165) is 16.0 Å². The van der Waals surface area contributed by atoms with Gasteiger partial charge in [-0.05, 0) is 60.5 Å². The van der Waals surface area contributed by atoms with Crippen LogP contribution in [0.4, 0.5) is 14.9 Å². The van der Waals surface area contributed by atoms with E-state index in [-0.39, 0.29) is 18.1 Å². The molecule has 3 aromatic rings. The minimum Gasteiger partial charge on any atom is -0.493 e. The van der Waals surface area contributed by atoms with Crippen LogP contribution in [-0.4, -0.2) is 36.4 Å². The van der Waals surface area contributed by atoms with Gasteiger partial charge in [-0.3, -0.25) is 9.59 Å². The third kappa shape index (κ3) is 6.34. The van der Waals surface area contributed by atoms with Crippen molar-refractivity contribution in [2.24, 2.45) is 0 Å². The highest BCUT2D eigenvalue weighted by Gasteiger charge is 2.35. The van der Waals surface area contributed by atoms with Crippen LogP contribution in [-0.2, 0) is 16.2 Å². The van der Waals surface area contributed by atoms with Crippen molar-refractivity contribution in [2.75, 3.05) is 19.0 Å². The van der Waals surface area contributed by atoms with E-state index in [2.05, 4.69) is 26.6 Å². The number of carbonyl (C=O) groups excluding carboxylic acids is 3. The van der Waals surface area contributed by atoms with Crippen molar-refractivity contribution in [3.63, 3.8) is 0 Å². The number of benzene rings is 3. The van der Waals surface area contributed by atoms with Crippen LogP contribution in [0.1, 0.15) is 16.7 Å². The number of rotatable bonds is 8. The predicted molar refractivity (Wildman–Crippen MR) is 139 cm³/mol. The number of amides is 4. The molecule has 0 saturated carbocycles. The van der Waals surface area contributed by atoms with E-state index in [9.17, 15) is 18.8 Å². The van der Waals surface area contributed by atoms with E-state index >= 15 is 0 Å². The Labute approximate surface area is 221 Å².